The summed E-state index contributed by atoms with van der Waals surface area (Å²) in [5.41, 5.74) is 4.47. The summed E-state index contributed by atoms with van der Waals surface area (Å²) in [5, 5.41) is 11.5. The molecule has 2 N–H and O–H groups in total. The number of anilines is 2. The molecule has 0 atom stereocenters. The van der Waals surface area contributed by atoms with Gasteiger partial charge in [0.2, 0.25) is 0 Å². The minimum absolute atomic E-state index is 0.246. The Kier molecular flexibility index (Phi) is 5.77. The maximum atomic E-state index is 14.0. The third kappa shape index (κ3) is 4.64. The Balaban J connectivity index is 1.73. The van der Waals surface area contributed by atoms with Crippen molar-refractivity contribution in [1.29, 1.82) is 0 Å². The van der Waals surface area contributed by atoms with E-state index in [0.29, 0.717) is 21.5 Å². The molecule has 0 amide bonds. The summed E-state index contributed by atoms with van der Waals surface area (Å²) in [7, 11) is 0. The number of hydrogen-bond donors (Lipinski definition) is 2. The van der Waals surface area contributed by atoms with Crippen LogP contribution in [0.4, 0.5) is 15.9 Å². The van der Waals surface area contributed by atoms with Crippen LogP contribution in [-0.4, -0.2) is 14.9 Å². The van der Waals surface area contributed by atoms with Crippen LogP contribution in [0.5, 0.6) is 0 Å². The number of benzene rings is 2. The molecule has 0 fully saturated rings. The van der Waals surface area contributed by atoms with Gasteiger partial charge in [-0.15, -0.1) is 0 Å². The molecule has 1 heterocycles. The molecule has 1 aromatic heterocycles. The molecular formula is C20H20ClFN4S. The van der Waals surface area contributed by atoms with Crippen molar-refractivity contribution >= 4 is 40.4 Å². The van der Waals surface area contributed by atoms with Gasteiger partial charge in [-0.25, -0.2) is 4.39 Å². The molecule has 0 aliphatic heterocycles. The monoisotopic (exact) mass is 402 g/mol. The van der Waals surface area contributed by atoms with Crippen molar-refractivity contribution in [2.24, 2.45) is 0 Å². The number of thiocarbonyl (C=S) groups is 1. The lowest BCUT2D eigenvalue weighted by molar-refractivity contribution is 0.581. The predicted molar refractivity (Wildman–Crippen MR) is 113 cm³/mol. The zero-order chi connectivity index (χ0) is 19.6. The second kappa shape index (κ2) is 8.06. The zero-order valence-electron chi connectivity index (χ0n) is 15.3. The van der Waals surface area contributed by atoms with Gasteiger partial charge in [-0.2, -0.15) is 5.10 Å². The van der Waals surface area contributed by atoms with Crippen LogP contribution in [0.2, 0.25) is 5.02 Å². The van der Waals surface area contributed by atoms with Gasteiger partial charge in [0.15, 0.2) is 10.9 Å². The molecule has 7 heteroatoms. The Bertz CT molecular complexity index is 979. The van der Waals surface area contributed by atoms with Crippen molar-refractivity contribution in [3.05, 3.63) is 75.7 Å². The highest BCUT2D eigenvalue weighted by atomic mass is 35.5. The van der Waals surface area contributed by atoms with Crippen molar-refractivity contribution in [2.75, 3.05) is 10.6 Å². The second-order valence-corrected chi connectivity index (χ2v) is 7.24. The van der Waals surface area contributed by atoms with Gasteiger partial charge < -0.3 is 10.6 Å². The summed E-state index contributed by atoms with van der Waals surface area (Å²) in [6, 6.07) is 12.6. The van der Waals surface area contributed by atoms with Crippen LogP contribution in [0.1, 0.15) is 22.4 Å². The van der Waals surface area contributed by atoms with Gasteiger partial charge in [0.05, 0.1) is 6.54 Å². The van der Waals surface area contributed by atoms with E-state index in [9.17, 15) is 4.39 Å². The first-order valence-corrected chi connectivity index (χ1v) is 9.24. The summed E-state index contributed by atoms with van der Waals surface area (Å²) in [6.45, 7) is 6.19. The third-order valence-corrected chi connectivity index (χ3v) is 4.79. The first-order valence-electron chi connectivity index (χ1n) is 8.46. The Morgan fingerprint density at radius 2 is 1.93 bits per heavy atom. The summed E-state index contributed by atoms with van der Waals surface area (Å²) in [5.74, 6) is 0.238. The lowest BCUT2D eigenvalue weighted by Gasteiger charge is -2.12. The SMILES string of the molecule is Cc1ccc(C)c(NC(=S)Nc2cc(C)n(Cc3c(F)cccc3Cl)n2)c1. The first-order chi connectivity index (χ1) is 12.8. The fourth-order valence-electron chi connectivity index (χ4n) is 2.70. The lowest BCUT2D eigenvalue weighted by Crippen LogP contribution is -2.20. The van der Waals surface area contributed by atoms with Gasteiger partial charge in [0.25, 0.3) is 0 Å². The van der Waals surface area contributed by atoms with Crippen molar-refractivity contribution in [2.45, 2.75) is 27.3 Å². The molecule has 0 aliphatic carbocycles. The van der Waals surface area contributed by atoms with Crippen LogP contribution in [0.3, 0.4) is 0 Å². The molecule has 0 saturated carbocycles. The van der Waals surface area contributed by atoms with Gasteiger partial charge in [-0.3, -0.25) is 4.68 Å². The number of halogens is 2. The normalized spacial score (nSPS) is 10.7. The van der Waals surface area contributed by atoms with Gasteiger partial charge >= 0.3 is 0 Å². The summed E-state index contributed by atoms with van der Waals surface area (Å²) < 4.78 is 15.7. The third-order valence-electron chi connectivity index (χ3n) is 4.23. The van der Waals surface area contributed by atoms with Crippen LogP contribution in [0.25, 0.3) is 0 Å². The number of nitrogens with one attached hydrogen (secondary N) is 2. The minimum Gasteiger partial charge on any atom is -0.332 e. The maximum Gasteiger partial charge on any atom is 0.176 e. The van der Waals surface area contributed by atoms with Crippen LogP contribution >= 0.6 is 23.8 Å². The molecule has 140 valence electrons. The van der Waals surface area contributed by atoms with Gasteiger partial charge in [-0.1, -0.05) is 29.8 Å². The largest absolute Gasteiger partial charge is 0.332 e. The van der Waals surface area contributed by atoms with Crippen molar-refractivity contribution < 1.29 is 4.39 Å². The smallest absolute Gasteiger partial charge is 0.176 e. The maximum absolute atomic E-state index is 14.0. The summed E-state index contributed by atoms with van der Waals surface area (Å²) in [6.07, 6.45) is 0. The summed E-state index contributed by atoms with van der Waals surface area (Å²) in [4.78, 5) is 0. The molecule has 0 unspecified atom stereocenters. The molecular weight excluding hydrogens is 383 g/mol. The highest BCUT2D eigenvalue weighted by Crippen LogP contribution is 2.22. The second-order valence-electron chi connectivity index (χ2n) is 6.43. The zero-order valence-corrected chi connectivity index (χ0v) is 16.9. The molecule has 0 spiro atoms. The molecule has 3 rings (SSSR count). The molecule has 4 nitrogen and oxygen atoms in total. The van der Waals surface area contributed by atoms with Crippen molar-refractivity contribution in [3.63, 3.8) is 0 Å². The number of aryl methyl sites for hydroxylation is 3. The van der Waals surface area contributed by atoms with Crippen LogP contribution < -0.4 is 10.6 Å². The predicted octanol–water partition coefficient (Wildman–Crippen LogP) is 5.46. The van der Waals surface area contributed by atoms with Crippen molar-refractivity contribution in [1.82, 2.24) is 9.78 Å². The Morgan fingerprint density at radius 1 is 1.15 bits per heavy atom. The Hall–Kier alpha value is -2.44. The van der Waals surface area contributed by atoms with Crippen LogP contribution in [0.15, 0.2) is 42.5 Å². The molecule has 0 radical (unpaired) electrons. The number of rotatable bonds is 4. The van der Waals surface area contributed by atoms with E-state index in [1.54, 1.807) is 16.8 Å². The number of aromatic nitrogens is 2. The van der Waals surface area contributed by atoms with E-state index in [2.05, 4.69) is 21.8 Å². The topological polar surface area (TPSA) is 41.9 Å². The average Bonchev–Trinajstić information content (AvgIpc) is 2.93. The van der Waals surface area contributed by atoms with E-state index < -0.39 is 0 Å². The highest BCUT2D eigenvalue weighted by Gasteiger charge is 2.12. The molecule has 2 aromatic carbocycles. The summed E-state index contributed by atoms with van der Waals surface area (Å²) >= 11 is 11.5. The molecule has 27 heavy (non-hydrogen) atoms. The average molecular weight is 403 g/mol. The minimum atomic E-state index is -0.348. The molecule has 0 bridgehead atoms. The van der Waals surface area contributed by atoms with Gasteiger partial charge in [-0.05, 0) is 62.3 Å². The van der Waals surface area contributed by atoms with E-state index in [1.807, 2.05) is 39.0 Å². The Morgan fingerprint density at radius 3 is 2.67 bits per heavy atom. The van der Waals surface area contributed by atoms with E-state index in [4.69, 9.17) is 23.8 Å². The fourth-order valence-corrected chi connectivity index (χ4v) is 3.14. The van der Waals surface area contributed by atoms with Crippen LogP contribution in [-0.2, 0) is 6.54 Å². The molecule has 0 saturated heterocycles. The molecule has 0 aliphatic rings. The van der Waals surface area contributed by atoms with E-state index >= 15 is 0 Å². The van der Waals surface area contributed by atoms with E-state index in [0.717, 1.165) is 22.5 Å². The highest BCUT2D eigenvalue weighted by molar-refractivity contribution is 7.80. The Labute approximate surface area is 168 Å². The number of nitrogens with zero attached hydrogens (tertiary/aromatic N) is 2. The van der Waals surface area contributed by atoms with Crippen LogP contribution in [0, 0.1) is 26.6 Å². The van der Waals surface area contributed by atoms with Crippen molar-refractivity contribution in [3.8, 4) is 0 Å². The van der Waals surface area contributed by atoms with Gasteiger partial charge in [0.1, 0.15) is 5.82 Å². The van der Waals surface area contributed by atoms with E-state index in [-0.39, 0.29) is 12.4 Å². The fraction of sp³-hybridized carbons (Fsp3) is 0.200. The standard InChI is InChI=1S/C20H20ClFN4S/c1-12-7-8-13(2)18(9-12)23-20(27)24-19-10-14(3)26(25-19)11-15-16(21)5-4-6-17(15)22/h4-10H,11H2,1-3H3,(H2,23,24,25,27). The number of hydrogen-bond acceptors (Lipinski definition) is 2. The van der Waals surface area contributed by atoms with E-state index in [1.165, 1.54) is 6.07 Å². The quantitative estimate of drug-likeness (QED) is 0.569. The lowest BCUT2D eigenvalue weighted by atomic mass is 10.1. The first kappa shape index (κ1) is 19.3. The molecule has 3 aromatic rings. The van der Waals surface area contributed by atoms with Gasteiger partial charge in [0, 0.05) is 28.0 Å².